The molecule has 4 aliphatic rings. The minimum absolute atomic E-state index is 0.00108. The maximum atomic E-state index is 13.8. The average Bonchev–Trinajstić information content (AvgIpc) is 3.89. The molecule has 4 aliphatic heterocycles. The molecule has 0 radical (unpaired) electrons. The van der Waals surface area contributed by atoms with Gasteiger partial charge >= 0.3 is 0 Å². The third-order valence-corrected chi connectivity index (χ3v) is 17.4. The van der Waals surface area contributed by atoms with Crippen molar-refractivity contribution in [3.05, 3.63) is 153 Å². The molecule has 4 saturated heterocycles. The molecule has 0 saturated carbocycles. The summed E-state index contributed by atoms with van der Waals surface area (Å²) in [6, 6.07) is 36.8. The standard InChI is InChI=1S/C33H41ClN4O2.C30H40Cl2N4O2/c1-2-24(25-8-4-3-5-9-25)23-38-19-14-30(36-31(33(38)40)15-18-37-16-6-7-17-37)22-35-32(39)28-11-10-27-21-29(34)13-12-26(27)20-28;1-2-22(23-9-5-3-6-10-23)21-36-18-13-25(20-33-29(37)24-11-12-26(31)27(32)19-24)34-28(30(36)38)14-17-35-15-7-4-8-16-35/h3-5,8-13,20-21,24,30-31,36H,2,6-7,14-19,22-23H2,1H3,(H,35,39);3,5-6,9-12,19,22,25,28,34H,2,4,7-8,13-18,20-21H2,1H3,(H,33,37)/t24?,30-,31-;22?,25-,28-/m00/s1. The molecule has 0 aromatic heterocycles. The van der Waals surface area contributed by atoms with Gasteiger partial charge in [-0.2, -0.15) is 0 Å². The van der Waals surface area contributed by atoms with Crippen molar-refractivity contribution in [2.75, 3.05) is 78.5 Å². The van der Waals surface area contributed by atoms with Crippen LogP contribution in [0.4, 0.5) is 0 Å². The van der Waals surface area contributed by atoms with Crippen LogP contribution in [-0.2, 0) is 9.59 Å². The molecule has 418 valence electrons. The first kappa shape index (κ1) is 59.1. The van der Waals surface area contributed by atoms with E-state index < -0.39 is 0 Å². The summed E-state index contributed by atoms with van der Waals surface area (Å²) < 4.78 is 0. The number of likely N-dealkylation sites (tertiary alicyclic amines) is 2. The zero-order chi connectivity index (χ0) is 54.8. The van der Waals surface area contributed by atoms with Crippen molar-refractivity contribution in [2.45, 2.75) is 120 Å². The van der Waals surface area contributed by atoms with Gasteiger partial charge in [0.15, 0.2) is 0 Å². The number of nitrogens with zero attached hydrogens (tertiary/aromatic N) is 4. The molecule has 5 aromatic carbocycles. The normalized spacial score (nSPS) is 21.3. The van der Waals surface area contributed by atoms with E-state index in [4.69, 9.17) is 34.8 Å². The Bertz CT molecular complexity index is 2720. The molecule has 78 heavy (non-hydrogen) atoms. The number of halogens is 3. The highest BCUT2D eigenvalue weighted by Gasteiger charge is 2.34. The van der Waals surface area contributed by atoms with E-state index >= 15 is 0 Å². The second-order valence-electron chi connectivity index (χ2n) is 21.8. The Kier molecular flexibility index (Phi) is 22.7. The maximum absolute atomic E-state index is 13.8. The quantitative estimate of drug-likeness (QED) is 0.0607. The summed E-state index contributed by atoms with van der Waals surface area (Å²) in [5.74, 6) is 0.676. The Morgan fingerprint density at radius 1 is 0.538 bits per heavy atom. The Balaban J connectivity index is 0.000000206. The Morgan fingerprint density at radius 2 is 0.987 bits per heavy atom. The highest BCUT2D eigenvalue weighted by atomic mass is 35.5. The zero-order valence-electron chi connectivity index (χ0n) is 45.8. The molecule has 4 heterocycles. The first-order valence-electron chi connectivity index (χ1n) is 28.8. The summed E-state index contributed by atoms with van der Waals surface area (Å²) in [7, 11) is 0. The smallest absolute Gasteiger partial charge is 0.251 e. The number of piperidine rings is 1. The maximum Gasteiger partial charge on any atom is 0.251 e. The number of carbonyl (C=O) groups excluding carboxylic acids is 4. The van der Waals surface area contributed by atoms with Crippen LogP contribution in [0.1, 0.15) is 128 Å². The van der Waals surface area contributed by atoms with Crippen molar-refractivity contribution in [3.8, 4) is 0 Å². The lowest BCUT2D eigenvalue weighted by molar-refractivity contribution is -0.134. The first-order valence-corrected chi connectivity index (χ1v) is 29.9. The SMILES string of the molecule is CCC(CN1CC[C@@H](CNC(=O)c2ccc(Cl)c(Cl)c2)N[C@@H](CCN2CCCCC2)C1=O)c1ccccc1.CCC(CN1CC[C@@H](CNC(=O)c2ccc3cc(Cl)ccc3c2)N[C@@H](CCN2CCCC2)C1=O)c1ccccc1. The molecular weight excluding hydrogens is 1040 g/mol. The molecule has 15 heteroatoms. The van der Waals surface area contributed by atoms with E-state index in [2.05, 4.69) is 103 Å². The van der Waals surface area contributed by atoms with Crippen molar-refractivity contribution in [1.29, 1.82) is 0 Å². The summed E-state index contributed by atoms with van der Waals surface area (Å²) in [5, 5.41) is 16.9. The van der Waals surface area contributed by atoms with Gasteiger partial charge in [0.1, 0.15) is 0 Å². The van der Waals surface area contributed by atoms with Crippen LogP contribution in [-0.4, -0.2) is 146 Å². The monoisotopic (exact) mass is 1120 g/mol. The van der Waals surface area contributed by atoms with E-state index in [1.807, 2.05) is 48.5 Å². The summed E-state index contributed by atoms with van der Waals surface area (Å²) >= 11 is 18.2. The van der Waals surface area contributed by atoms with Gasteiger partial charge in [0, 0.05) is 92.4 Å². The van der Waals surface area contributed by atoms with Gasteiger partial charge in [-0.1, -0.05) is 128 Å². The molecule has 12 nitrogen and oxygen atoms in total. The van der Waals surface area contributed by atoms with Gasteiger partial charge in [-0.15, -0.1) is 0 Å². The van der Waals surface area contributed by atoms with Crippen molar-refractivity contribution >= 4 is 69.2 Å². The van der Waals surface area contributed by atoms with E-state index in [9.17, 15) is 19.2 Å². The van der Waals surface area contributed by atoms with Crippen molar-refractivity contribution < 1.29 is 19.2 Å². The number of benzene rings is 5. The predicted molar refractivity (Wildman–Crippen MR) is 318 cm³/mol. The predicted octanol–water partition coefficient (Wildman–Crippen LogP) is 10.8. The number of amides is 4. The van der Waals surface area contributed by atoms with Crippen LogP contribution in [0.5, 0.6) is 0 Å². The summed E-state index contributed by atoms with van der Waals surface area (Å²) in [6.07, 6.45) is 11.3. The van der Waals surface area contributed by atoms with Crippen molar-refractivity contribution in [1.82, 2.24) is 40.9 Å². The van der Waals surface area contributed by atoms with Gasteiger partial charge in [0.05, 0.1) is 22.1 Å². The van der Waals surface area contributed by atoms with Crippen molar-refractivity contribution in [2.24, 2.45) is 0 Å². The van der Waals surface area contributed by atoms with E-state index in [-0.39, 0.29) is 47.8 Å². The number of fused-ring (bicyclic) bond motifs is 1. The summed E-state index contributed by atoms with van der Waals surface area (Å²) in [4.78, 5) is 62.6. The minimum atomic E-state index is -0.264. The van der Waals surface area contributed by atoms with Crippen LogP contribution < -0.4 is 21.3 Å². The van der Waals surface area contributed by atoms with Crippen LogP contribution in [0.3, 0.4) is 0 Å². The fraction of sp³-hybridized carbons (Fsp3) is 0.492. The number of rotatable bonds is 20. The molecule has 0 spiro atoms. The van der Waals surface area contributed by atoms with E-state index in [0.717, 1.165) is 95.1 Å². The lowest BCUT2D eigenvalue weighted by Gasteiger charge is -2.31. The van der Waals surface area contributed by atoms with Gasteiger partial charge in [0.2, 0.25) is 11.8 Å². The molecule has 6 atom stereocenters. The van der Waals surface area contributed by atoms with Gasteiger partial charge in [-0.05, 0) is 155 Å². The molecule has 0 bridgehead atoms. The first-order chi connectivity index (χ1) is 37.9. The summed E-state index contributed by atoms with van der Waals surface area (Å²) in [5.41, 5.74) is 3.65. The second kappa shape index (κ2) is 30.0. The molecule has 4 fully saturated rings. The summed E-state index contributed by atoms with van der Waals surface area (Å²) in [6.45, 7) is 14.4. The molecule has 4 amide bonds. The van der Waals surface area contributed by atoms with E-state index in [0.29, 0.717) is 70.8 Å². The highest BCUT2D eigenvalue weighted by Crippen LogP contribution is 2.27. The Labute approximate surface area is 478 Å². The second-order valence-corrected chi connectivity index (χ2v) is 23.0. The third-order valence-electron chi connectivity index (χ3n) is 16.4. The molecular formula is C63H81Cl3N8O4. The minimum Gasteiger partial charge on any atom is -0.350 e. The average molecular weight is 1120 g/mol. The van der Waals surface area contributed by atoms with Crippen LogP contribution in [0.2, 0.25) is 15.1 Å². The van der Waals surface area contributed by atoms with Gasteiger partial charge in [0.25, 0.3) is 11.8 Å². The Morgan fingerprint density at radius 3 is 1.47 bits per heavy atom. The van der Waals surface area contributed by atoms with E-state index in [1.54, 1.807) is 18.2 Å². The van der Waals surface area contributed by atoms with Gasteiger partial charge < -0.3 is 40.9 Å². The van der Waals surface area contributed by atoms with Crippen LogP contribution >= 0.6 is 34.8 Å². The van der Waals surface area contributed by atoms with Gasteiger partial charge in [-0.3, -0.25) is 19.2 Å². The topological polar surface area (TPSA) is 129 Å². The largest absolute Gasteiger partial charge is 0.350 e. The number of hydrogen-bond acceptors (Lipinski definition) is 8. The van der Waals surface area contributed by atoms with Crippen LogP contribution in [0.15, 0.2) is 115 Å². The molecule has 2 unspecified atom stereocenters. The van der Waals surface area contributed by atoms with Crippen LogP contribution in [0, 0.1) is 0 Å². The molecule has 5 aromatic rings. The highest BCUT2D eigenvalue weighted by molar-refractivity contribution is 6.42. The van der Waals surface area contributed by atoms with Crippen LogP contribution in [0.25, 0.3) is 10.8 Å². The van der Waals surface area contributed by atoms with Gasteiger partial charge in [-0.25, -0.2) is 0 Å². The fourth-order valence-corrected chi connectivity index (χ4v) is 12.1. The number of carbonyl (C=O) groups is 4. The molecule has 4 N–H and O–H groups in total. The number of nitrogens with one attached hydrogen (secondary N) is 4. The van der Waals surface area contributed by atoms with E-state index in [1.165, 1.54) is 43.2 Å². The number of hydrogen-bond donors (Lipinski definition) is 4. The third kappa shape index (κ3) is 17.0. The lowest BCUT2D eigenvalue weighted by atomic mass is 9.95. The Hall–Kier alpha value is -5.05. The molecule has 9 rings (SSSR count). The lowest BCUT2D eigenvalue weighted by Crippen LogP contribution is -2.50. The fourth-order valence-electron chi connectivity index (χ4n) is 11.6. The molecule has 0 aliphatic carbocycles. The zero-order valence-corrected chi connectivity index (χ0v) is 48.0. The van der Waals surface area contributed by atoms with Crippen molar-refractivity contribution in [3.63, 3.8) is 0 Å².